The van der Waals surface area contributed by atoms with Gasteiger partial charge in [0.25, 0.3) is 0 Å². The second-order valence-electron chi connectivity index (χ2n) is 5.86. The summed E-state index contributed by atoms with van der Waals surface area (Å²) in [4.78, 5) is 2.39. The molecule has 112 valence electrons. The molecule has 0 spiro atoms. The van der Waals surface area contributed by atoms with Gasteiger partial charge in [0.05, 0.1) is 0 Å². The molecule has 1 fully saturated rings. The zero-order chi connectivity index (χ0) is 14.5. The second-order valence-corrected chi connectivity index (χ2v) is 5.86. The van der Waals surface area contributed by atoms with Gasteiger partial charge in [-0.1, -0.05) is 6.42 Å². The fraction of sp³-hybridized carbons (Fsp3) is 0.625. The van der Waals surface area contributed by atoms with Crippen molar-refractivity contribution in [3.8, 4) is 5.75 Å². The summed E-state index contributed by atoms with van der Waals surface area (Å²) in [6.07, 6.45) is 3.26. The molecule has 1 heterocycles. The highest BCUT2D eigenvalue weighted by atomic mass is 16.5. The molecule has 20 heavy (non-hydrogen) atoms. The number of nitrogen functional groups attached to an aromatic ring is 1. The van der Waals surface area contributed by atoms with E-state index in [0.717, 1.165) is 5.75 Å². The Bertz CT molecular complexity index is 397. The number of rotatable bonds is 5. The molecule has 1 aliphatic heterocycles. The summed E-state index contributed by atoms with van der Waals surface area (Å²) in [5.41, 5.74) is 6.34. The van der Waals surface area contributed by atoms with Gasteiger partial charge in [-0.2, -0.15) is 0 Å². The van der Waals surface area contributed by atoms with Gasteiger partial charge >= 0.3 is 0 Å². The molecule has 1 aromatic carbocycles. The number of anilines is 1. The maximum Gasteiger partial charge on any atom is 0.119 e. The number of hydrogen-bond donors (Lipinski definition) is 2. The van der Waals surface area contributed by atoms with Crippen LogP contribution in [0.5, 0.6) is 5.75 Å². The van der Waals surface area contributed by atoms with Gasteiger partial charge in [-0.3, -0.25) is 4.90 Å². The smallest absolute Gasteiger partial charge is 0.119 e. The van der Waals surface area contributed by atoms with E-state index in [9.17, 15) is 5.11 Å². The molecule has 4 nitrogen and oxygen atoms in total. The van der Waals surface area contributed by atoms with Crippen molar-refractivity contribution < 1.29 is 9.84 Å². The van der Waals surface area contributed by atoms with Crippen LogP contribution in [-0.2, 0) is 0 Å². The molecule has 2 rings (SSSR count). The summed E-state index contributed by atoms with van der Waals surface area (Å²) in [5, 5.41) is 10.2. The predicted octanol–water partition coefficient (Wildman–Crippen LogP) is 2.27. The lowest BCUT2D eigenvalue weighted by atomic mass is 9.97. The van der Waals surface area contributed by atoms with E-state index in [1.807, 2.05) is 12.1 Å². The zero-order valence-electron chi connectivity index (χ0n) is 12.5. The Kier molecular flexibility index (Phi) is 5.26. The Balaban J connectivity index is 1.79. The van der Waals surface area contributed by atoms with E-state index in [0.29, 0.717) is 30.9 Å². The second kappa shape index (κ2) is 6.95. The summed E-state index contributed by atoms with van der Waals surface area (Å²) >= 11 is 0. The Labute approximate surface area is 121 Å². The first-order chi connectivity index (χ1) is 9.56. The molecule has 0 saturated carbocycles. The molecule has 0 radical (unpaired) electrons. The average Bonchev–Trinajstić information content (AvgIpc) is 2.42. The standard InChI is InChI=1S/C16H26N2O2/c1-12-4-3-5-13(2)18(12)10-15(19)11-20-16-8-6-14(17)7-9-16/h6-9,12-13,15,19H,3-5,10-11,17H2,1-2H3/t12-,13-,15-/m1/s1. The van der Waals surface area contributed by atoms with Crippen LogP contribution in [0.4, 0.5) is 5.69 Å². The lowest BCUT2D eigenvalue weighted by molar-refractivity contribution is 0.0209. The molecular weight excluding hydrogens is 252 g/mol. The van der Waals surface area contributed by atoms with Crippen molar-refractivity contribution in [1.82, 2.24) is 4.90 Å². The molecule has 0 bridgehead atoms. The number of likely N-dealkylation sites (tertiary alicyclic amines) is 1. The van der Waals surface area contributed by atoms with Crippen molar-refractivity contribution in [2.75, 3.05) is 18.9 Å². The average molecular weight is 278 g/mol. The lowest BCUT2D eigenvalue weighted by Gasteiger charge is -2.40. The van der Waals surface area contributed by atoms with E-state index in [1.165, 1.54) is 19.3 Å². The number of aliphatic hydroxyl groups is 1. The third-order valence-corrected chi connectivity index (χ3v) is 4.12. The van der Waals surface area contributed by atoms with Crippen LogP contribution >= 0.6 is 0 Å². The minimum Gasteiger partial charge on any atom is -0.491 e. The van der Waals surface area contributed by atoms with Gasteiger partial charge in [0.1, 0.15) is 18.5 Å². The topological polar surface area (TPSA) is 58.7 Å². The van der Waals surface area contributed by atoms with Gasteiger partial charge in [-0.05, 0) is 51.0 Å². The van der Waals surface area contributed by atoms with E-state index >= 15 is 0 Å². The largest absolute Gasteiger partial charge is 0.491 e. The quantitative estimate of drug-likeness (QED) is 0.811. The molecule has 3 N–H and O–H groups in total. The van der Waals surface area contributed by atoms with Crippen LogP contribution in [0.3, 0.4) is 0 Å². The van der Waals surface area contributed by atoms with Gasteiger partial charge in [0.2, 0.25) is 0 Å². The Hall–Kier alpha value is -1.26. The minimum atomic E-state index is -0.462. The number of nitrogens with zero attached hydrogens (tertiary/aromatic N) is 1. The third-order valence-electron chi connectivity index (χ3n) is 4.12. The molecule has 0 amide bonds. The van der Waals surface area contributed by atoms with Gasteiger partial charge in [-0.15, -0.1) is 0 Å². The first-order valence-corrected chi connectivity index (χ1v) is 7.48. The molecule has 4 heteroatoms. The molecular formula is C16H26N2O2. The zero-order valence-corrected chi connectivity index (χ0v) is 12.5. The molecule has 3 atom stereocenters. The van der Waals surface area contributed by atoms with Crippen LogP contribution in [0.2, 0.25) is 0 Å². The summed E-state index contributed by atoms with van der Waals surface area (Å²) in [5.74, 6) is 0.748. The first kappa shape index (κ1) is 15.1. The molecule has 1 aliphatic rings. The van der Waals surface area contributed by atoms with E-state index < -0.39 is 6.10 Å². The maximum atomic E-state index is 10.2. The molecule has 1 aromatic rings. The van der Waals surface area contributed by atoms with Crippen molar-refractivity contribution in [2.24, 2.45) is 0 Å². The summed E-state index contributed by atoms with van der Waals surface area (Å²) < 4.78 is 5.60. The van der Waals surface area contributed by atoms with Crippen molar-refractivity contribution in [3.63, 3.8) is 0 Å². The van der Waals surface area contributed by atoms with Crippen LogP contribution in [0.1, 0.15) is 33.1 Å². The summed E-state index contributed by atoms with van der Waals surface area (Å²) in [7, 11) is 0. The van der Waals surface area contributed by atoms with Crippen molar-refractivity contribution in [3.05, 3.63) is 24.3 Å². The highest BCUT2D eigenvalue weighted by Crippen LogP contribution is 2.22. The van der Waals surface area contributed by atoms with E-state index in [1.54, 1.807) is 12.1 Å². The Morgan fingerprint density at radius 3 is 2.45 bits per heavy atom. The van der Waals surface area contributed by atoms with E-state index in [2.05, 4.69) is 18.7 Å². The van der Waals surface area contributed by atoms with Crippen molar-refractivity contribution in [2.45, 2.75) is 51.3 Å². The number of benzene rings is 1. The predicted molar refractivity (Wildman–Crippen MR) is 81.8 cm³/mol. The highest BCUT2D eigenvalue weighted by Gasteiger charge is 2.26. The number of β-amino-alcohol motifs (C(OH)–C–C–N with tert-alkyl or cyclic N) is 1. The van der Waals surface area contributed by atoms with Gasteiger partial charge in [0.15, 0.2) is 0 Å². The number of aliphatic hydroxyl groups excluding tert-OH is 1. The van der Waals surface area contributed by atoms with Crippen molar-refractivity contribution >= 4 is 5.69 Å². The van der Waals surface area contributed by atoms with Crippen LogP contribution in [0.15, 0.2) is 24.3 Å². The van der Waals surface area contributed by atoms with Crippen LogP contribution < -0.4 is 10.5 Å². The van der Waals surface area contributed by atoms with E-state index in [4.69, 9.17) is 10.5 Å². The SMILES string of the molecule is C[C@@H]1CCC[C@@H](C)N1C[C@@H](O)COc1ccc(N)cc1. The fourth-order valence-electron chi connectivity index (χ4n) is 2.89. The number of piperidine rings is 1. The fourth-order valence-corrected chi connectivity index (χ4v) is 2.89. The monoisotopic (exact) mass is 278 g/mol. The Morgan fingerprint density at radius 1 is 1.25 bits per heavy atom. The van der Waals surface area contributed by atoms with Gasteiger partial charge in [-0.25, -0.2) is 0 Å². The summed E-state index contributed by atoms with van der Waals surface area (Å²) in [6, 6.07) is 8.35. The molecule has 1 saturated heterocycles. The van der Waals surface area contributed by atoms with E-state index in [-0.39, 0.29) is 0 Å². The number of hydrogen-bond acceptors (Lipinski definition) is 4. The normalized spacial score (nSPS) is 25.4. The first-order valence-electron chi connectivity index (χ1n) is 7.48. The highest BCUT2D eigenvalue weighted by molar-refractivity contribution is 5.41. The molecule has 0 aromatic heterocycles. The van der Waals surface area contributed by atoms with Gasteiger partial charge in [0, 0.05) is 24.3 Å². The van der Waals surface area contributed by atoms with Gasteiger partial charge < -0.3 is 15.6 Å². The van der Waals surface area contributed by atoms with Crippen LogP contribution in [0.25, 0.3) is 0 Å². The van der Waals surface area contributed by atoms with Crippen molar-refractivity contribution in [1.29, 1.82) is 0 Å². The third kappa shape index (κ3) is 4.12. The van der Waals surface area contributed by atoms with Crippen LogP contribution in [0, 0.1) is 0 Å². The molecule has 0 unspecified atom stereocenters. The van der Waals surface area contributed by atoms with Crippen LogP contribution in [-0.4, -0.2) is 41.3 Å². The molecule has 0 aliphatic carbocycles. The Morgan fingerprint density at radius 2 is 1.85 bits per heavy atom. The maximum absolute atomic E-state index is 10.2. The minimum absolute atomic E-state index is 0.319. The lowest BCUT2D eigenvalue weighted by Crippen LogP contribution is -2.48. The number of ether oxygens (including phenoxy) is 1. The number of nitrogens with two attached hydrogens (primary N) is 1. The summed E-state index contributed by atoms with van der Waals surface area (Å²) in [6.45, 7) is 5.48.